The van der Waals surface area contributed by atoms with Gasteiger partial charge in [-0.15, -0.1) is 11.3 Å². The molecule has 1 heterocycles. The predicted molar refractivity (Wildman–Crippen MR) is 59.3 cm³/mol. The van der Waals surface area contributed by atoms with E-state index in [0.717, 1.165) is 4.88 Å². The minimum atomic E-state index is -3.71. The molecule has 1 rings (SSSR count). The molecular weight excluding hydrogens is 235 g/mol. The number of carbonyl (C=O) groups excluding carboxylic acids is 1. The van der Waals surface area contributed by atoms with Crippen LogP contribution in [0.5, 0.6) is 0 Å². The topological polar surface area (TPSA) is 63.6 Å². The standard InChI is InChI=1S/C9H13O4PS/c1-2-13-14(11,12)7-8(10)6-9-4-3-5-15-9/h3-5H,2,6-7H2,1H3,(H,11,12). The summed E-state index contributed by atoms with van der Waals surface area (Å²) in [6.07, 6.45) is -0.200. The summed E-state index contributed by atoms with van der Waals surface area (Å²) in [5, 5.41) is 1.86. The minimum absolute atomic E-state index is 0.139. The van der Waals surface area contributed by atoms with E-state index in [4.69, 9.17) is 0 Å². The van der Waals surface area contributed by atoms with E-state index in [0.29, 0.717) is 0 Å². The molecule has 0 aliphatic rings. The van der Waals surface area contributed by atoms with Crippen LogP contribution in [0.15, 0.2) is 17.5 Å². The Labute approximate surface area is 92.4 Å². The lowest BCUT2D eigenvalue weighted by Gasteiger charge is -2.08. The van der Waals surface area contributed by atoms with Gasteiger partial charge in [-0.3, -0.25) is 9.36 Å². The lowest BCUT2D eigenvalue weighted by molar-refractivity contribution is -0.116. The van der Waals surface area contributed by atoms with Gasteiger partial charge >= 0.3 is 7.60 Å². The molecule has 1 aromatic rings. The zero-order valence-corrected chi connectivity index (χ0v) is 10.1. The van der Waals surface area contributed by atoms with Gasteiger partial charge in [-0.2, -0.15) is 0 Å². The fourth-order valence-electron chi connectivity index (χ4n) is 1.13. The summed E-state index contributed by atoms with van der Waals surface area (Å²) in [5.74, 6) is -0.267. The number of carbonyl (C=O) groups is 1. The maximum atomic E-state index is 11.4. The largest absolute Gasteiger partial charge is 0.335 e. The Morgan fingerprint density at radius 1 is 1.67 bits per heavy atom. The van der Waals surface area contributed by atoms with Gasteiger partial charge in [0.2, 0.25) is 0 Å². The van der Waals surface area contributed by atoms with Gasteiger partial charge in [0.15, 0.2) is 0 Å². The number of rotatable bonds is 6. The highest BCUT2D eigenvalue weighted by molar-refractivity contribution is 7.53. The molecule has 6 heteroatoms. The average molecular weight is 248 g/mol. The van der Waals surface area contributed by atoms with Crippen molar-refractivity contribution < 1.29 is 18.8 Å². The van der Waals surface area contributed by atoms with E-state index in [1.165, 1.54) is 11.3 Å². The first kappa shape index (κ1) is 12.6. The lowest BCUT2D eigenvalue weighted by Crippen LogP contribution is -2.09. The van der Waals surface area contributed by atoms with Crippen LogP contribution in [0.1, 0.15) is 11.8 Å². The average Bonchev–Trinajstić information content (AvgIpc) is 2.54. The van der Waals surface area contributed by atoms with Crippen molar-refractivity contribution >= 4 is 24.7 Å². The van der Waals surface area contributed by atoms with E-state index < -0.39 is 13.8 Å². The molecule has 0 amide bonds. The van der Waals surface area contributed by atoms with Crippen LogP contribution in [0.4, 0.5) is 0 Å². The Kier molecular flexibility index (Phi) is 4.67. The zero-order valence-electron chi connectivity index (χ0n) is 8.38. The van der Waals surface area contributed by atoms with Crippen molar-refractivity contribution in [3.63, 3.8) is 0 Å². The van der Waals surface area contributed by atoms with E-state index in [9.17, 15) is 14.3 Å². The van der Waals surface area contributed by atoms with Gasteiger partial charge in [0.05, 0.1) is 6.61 Å². The van der Waals surface area contributed by atoms with Crippen LogP contribution in [-0.2, 0) is 20.3 Å². The zero-order chi connectivity index (χ0) is 11.3. The molecule has 1 aromatic heterocycles. The maximum Gasteiger partial charge on any atom is 0.335 e. The highest BCUT2D eigenvalue weighted by Crippen LogP contribution is 2.41. The molecule has 1 unspecified atom stereocenters. The molecule has 84 valence electrons. The summed E-state index contributed by atoms with van der Waals surface area (Å²) in [4.78, 5) is 21.5. The number of thiophene rings is 1. The van der Waals surface area contributed by atoms with Crippen LogP contribution in [-0.4, -0.2) is 23.4 Å². The third-order valence-electron chi connectivity index (χ3n) is 1.66. The van der Waals surface area contributed by atoms with Gasteiger partial charge in [-0.1, -0.05) is 6.07 Å². The Morgan fingerprint density at radius 2 is 2.40 bits per heavy atom. The molecule has 0 aromatic carbocycles. The van der Waals surface area contributed by atoms with Crippen LogP contribution < -0.4 is 0 Å². The fraction of sp³-hybridized carbons (Fsp3) is 0.444. The van der Waals surface area contributed by atoms with Crippen molar-refractivity contribution in [1.29, 1.82) is 0 Å². The molecule has 1 N–H and O–H groups in total. The predicted octanol–water partition coefficient (Wildman–Crippen LogP) is 2.08. The van der Waals surface area contributed by atoms with E-state index >= 15 is 0 Å². The van der Waals surface area contributed by atoms with Gasteiger partial charge < -0.3 is 9.42 Å². The van der Waals surface area contributed by atoms with Gasteiger partial charge in [0.1, 0.15) is 11.9 Å². The van der Waals surface area contributed by atoms with E-state index in [1.54, 1.807) is 6.92 Å². The first-order valence-electron chi connectivity index (χ1n) is 4.54. The highest BCUT2D eigenvalue weighted by atomic mass is 32.1. The van der Waals surface area contributed by atoms with E-state index in [2.05, 4.69) is 4.52 Å². The van der Waals surface area contributed by atoms with Crippen LogP contribution in [0, 0.1) is 0 Å². The molecule has 1 atom stereocenters. The van der Waals surface area contributed by atoms with Crippen molar-refractivity contribution in [3.8, 4) is 0 Å². The fourth-order valence-corrected chi connectivity index (χ4v) is 2.92. The quantitative estimate of drug-likeness (QED) is 0.783. The molecule has 0 spiro atoms. The summed E-state index contributed by atoms with van der Waals surface area (Å²) in [7, 11) is -3.71. The molecule has 0 fully saturated rings. The van der Waals surface area contributed by atoms with Crippen molar-refractivity contribution in [2.24, 2.45) is 0 Å². The van der Waals surface area contributed by atoms with Gasteiger partial charge in [0, 0.05) is 11.3 Å². The highest BCUT2D eigenvalue weighted by Gasteiger charge is 2.23. The first-order valence-corrected chi connectivity index (χ1v) is 7.18. The Morgan fingerprint density at radius 3 is 2.93 bits per heavy atom. The second-order valence-electron chi connectivity index (χ2n) is 3.01. The third kappa shape index (κ3) is 4.71. The van der Waals surface area contributed by atoms with Crippen LogP contribution in [0.25, 0.3) is 0 Å². The van der Waals surface area contributed by atoms with Gasteiger partial charge in [-0.25, -0.2) is 0 Å². The van der Waals surface area contributed by atoms with Crippen LogP contribution in [0.2, 0.25) is 0 Å². The molecule has 4 nitrogen and oxygen atoms in total. The summed E-state index contributed by atoms with van der Waals surface area (Å²) >= 11 is 1.46. The first-order chi connectivity index (χ1) is 7.03. The lowest BCUT2D eigenvalue weighted by atomic mass is 10.3. The van der Waals surface area contributed by atoms with Crippen molar-refractivity contribution in [2.45, 2.75) is 13.3 Å². The second-order valence-corrected chi connectivity index (χ2v) is 5.89. The number of hydrogen-bond acceptors (Lipinski definition) is 4. The molecule has 0 aliphatic carbocycles. The maximum absolute atomic E-state index is 11.4. The number of Topliss-reactive ketones (excluding diaryl/α,β-unsaturated/α-hetero) is 1. The van der Waals surface area contributed by atoms with Gasteiger partial charge in [0.25, 0.3) is 0 Å². The molecule has 0 saturated carbocycles. The summed E-state index contributed by atoms with van der Waals surface area (Å²) in [5.41, 5.74) is 0. The normalized spacial score (nSPS) is 14.8. The third-order valence-corrected chi connectivity index (χ3v) is 3.95. The molecule has 0 saturated heterocycles. The molecule has 15 heavy (non-hydrogen) atoms. The Balaban J connectivity index is 2.46. The van der Waals surface area contributed by atoms with E-state index in [-0.39, 0.29) is 18.8 Å². The molecule has 0 radical (unpaired) electrons. The van der Waals surface area contributed by atoms with Crippen LogP contribution in [0.3, 0.4) is 0 Å². The minimum Gasteiger partial charge on any atom is -0.324 e. The SMILES string of the molecule is CCOP(=O)(O)CC(=O)Cc1cccs1. The monoisotopic (exact) mass is 248 g/mol. The van der Waals surface area contributed by atoms with Gasteiger partial charge in [-0.05, 0) is 18.4 Å². The number of hydrogen-bond donors (Lipinski definition) is 1. The molecule has 0 bridgehead atoms. The van der Waals surface area contributed by atoms with Crippen molar-refractivity contribution in [2.75, 3.05) is 12.8 Å². The van der Waals surface area contributed by atoms with E-state index in [1.807, 2.05) is 17.5 Å². The Hall–Kier alpha value is -0.480. The van der Waals surface area contributed by atoms with Crippen LogP contribution >= 0.6 is 18.9 Å². The van der Waals surface area contributed by atoms with Crippen molar-refractivity contribution in [1.82, 2.24) is 0 Å². The summed E-state index contributed by atoms with van der Waals surface area (Å²) in [6.45, 7) is 1.76. The Bertz CT molecular complexity index is 360. The number of ketones is 1. The molecular formula is C9H13O4PS. The summed E-state index contributed by atoms with van der Waals surface area (Å²) in [6, 6.07) is 3.67. The molecule has 0 aliphatic heterocycles. The smallest absolute Gasteiger partial charge is 0.324 e. The second kappa shape index (κ2) is 5.56. The van der Waals surface area contributed by atoms with Crippen molar-refractivity contribution in [3.05, 3.63) is 22.4 Å². The summed E-state index contributed by atoms with van der Waals surface area (Å²) < 4.78 is 15.9.